The lowest BCUT2D eigenvalue weighted by Gasteiger charge is -2.10. The number of carbonyl (C=O) groups excluding carboxylic acids is 1. The Labute approximate surface area is 98.6 Å². The van der Waals surface area contributed by atoms with E-state index in [-0.39, 0.29) is 12.5 Å². The Kier molecular flexibility index (Phi) is 5.15. The average molecular weight is 245 g/mol. The average Bonchev–Trinajstić information content (AvgIpc) is 2.26. The van der Waals surface area contributed by atoms with Crippen LogP contribution in [0.3, 0.4) is 0 Å². The summed E-state index contributed by atoms with van der Waals surface area (Å²) in [5, 5.41) is 9.49. The van der Waals surface area contributed by atoms with Gasteiger partial charge in [-0.3, -0.25) is 4.79 Å². The maximum atomic E-state index is 10.8. The van der Waals surface area contributed by atoms with Crippen molar-refractivity contribution in [3.8, 4) is 0 Å². The summed E-state index contributed by atoms with van der Waals surface area (Å²) in [5.41, 5.74) is 0.609. The van der Waals surface area contributed by atoms with Crippen molar-refractivity contribution >= 4 is 29.6 Å². The lowest BCUT2D eigenvalue weighted by Crippen LogP contribution is -2.03. The number of aliphatic hydroxyl groups excluding tert-OH is 1. The van der Waals surface area contributed by atoms with Crippen molar-refractivity contribution in [2.24, 2.45) is 5.92 Å². The van der Waals surface area contributed by atoms with Gasteiger partial charge in [0.25, 0.3) is 0 Å². The number of carbonyl (C=O) groups is 1. The van der Waals surface area contributed by atoms with Crippen molar-refractivity contribution in [1.82, 2.24) is 0 Å². The van der Waals surface area contributed by atoms with E-state index >= 15 is 0 Å². The van der Waals surface area contributed by atoms with Gasteiger partial charge in [-0.05, 0) is 12.0 Å². The van der Waals surface area contributed by atoms with Crippen molar-refractivity contribution in [3.05, 3.63) is 28.8 Å². The van der Waals surface area contributed by atoms with Crippen LogP contribution in [0, 0.1) is 5.92 Å². The SMILES string of the molecule is CC(CO)CSc1c(Cl)cccc1C=O. The Balaban J connectivity index is 2.78. The van der Waals surface area contributed by atoms with Crippen LogP contribution in [-0.2, 0) is 0 Å². The molecule has 0 saturated carbocycles. The number of halogens is 1. The van der Waals surface area contributed by atoms with Crippen LogP contribution in [-0.4, -0.2) is 23.8 Å². The molecule has 0 radical (unpaired) electrons. The summed E-state index contributed by atoms with van der Waals surface area (Å²) < 4.78 is 0. The highest BCUT2D eigenvalue weighted by atomic mass is 35.5. The number of benzene rings is 1. The molecule has 15 heavy (non-hydrogen) atoms. The van der Waals surface area contributed by atoms with E-state index in [9.17, 15) is 4.79 Å². The Morgan fingerprint density at radius 2 is 2.33 bits per heavy atom. The molecule has 0 fully saturated rings. The lowest BCUT2D eigenvalue weighted by atomic mass is 10.2. The van der Waals surface area contributed by atoms with Gasteiger partial charge >= 0.3 is 0 Å². The lowest BCUT2D eigenvalue weighted by molar-refractivity contribution is 0.112. The minimum absolute atomic E-state index is 0.147. The van der Waals surface area contributed by atoms with Crippen LogP contribution < -0.4 is 0 Å². The molecule has 0 aliphatic heterocycles. The zero-order valence-corrected chi connectivity index (χ0v) is 10.0. The van der Waals surface area contributed by atoms with Crippen LogP contribution in [0.15, 0.2) is 23.1 Å². The van der Waals surface area contributed by atoms with Crippen molar-refractivity contribution in [3.63, 3.8) is 0 Å². The van der Waals surface area contributed by atoms with Gasteiger partial charge in [0, 0.05) is 22.8 Å². The highest BCUT2D eigenvalue weighted by molar-refractivity contribution is 7.99. The molecule has 0 bridgehead atoms. The smallest absolute Gasteiger partial charge is 0.151 e. The van der Waals surface area contributed by atoms with Gasteiger partial charge in [-0.25, -0.2) is 0 Å². The van der Waals surface area contributed by atoms with Gasteiger partial charge in [-0.15, -0.1) is 11.8 Å². The highest BCUT2D eigenvalue weighted by Crippen LogP contribution is 2.31. The third-order valence-corrected chi connectivity index (χ3v) is 3.86. The molecule has 82 valence electrons. The number of aliphatic hydroxyl groups is 1. The first-order chi connectivity index (χ1) is 7.19. The third kappa shape index (κ3) is 3.52. The fourth-order valence-electron chi connectivity index (χ4n) is 1.05. The summed E-state index contributed by atoms with van der Waals surface area (Å²) in [7, 11) is 0. The van der Waals surface area contributed by atoms with E-state index in [2.05, 4.69) is 0 Å². The molecule has 0 heterocycles. The van der Waals surface area contributed by atoms with Gasteiger partial charge in [0.15, 0.2) is 6.29 Å². The largest absolute Gasteiger partial charge is 0.396 e. The standard InChI is InChI=1S/C11H13ClO2S/c1-8(5-13)7-15-11-9(6-14)3-2-4-10(11)12/h2-4,6,8,13H,5,7H2,1H3. The van der Waals surface area contributed by atoms with E-state index in [0.29, 0.717) is 10.6 Å². The maximum absolute atomic E-state index is 10.8. The normalized spacial score (nSPS) is 12.5. The molecule has 0 aliphatic carbocycles. The van der Waals surface area contributed by atoms with Crippen LogP contribution in [0.4, 0.5) is 0 Å². The zero-order chi connectivity index (χ0) is 11.3. The van der Waals surface area contributed by atoms with Crippen LogP contribution in [0.2, 0.25) is 5.02 Å². The molecular weight excluding hydrogens is 232 g/mol. The topological polar surface area (TPSA) is 37.3 Å². The summed E-state index contributed by atoms with van der Waals surface area (Å²) in [6.07, 6.45) is 0.803. The number of hydrogen-bond acceptors (Lipinski definition) is 3. The van der Waals surface area contributed by atoms with E-state index in [0.717, 1.165) is 16.9 Å². The van der Waals surface area contributed by atoms with Crippen LogP contribution >= 0.6 is 23.4 Å². The van der Waals surface area contributed by atoms with Crippen LogP contribution in [0.1, 0.15) is 17.3 Å². The molecule has 0 aliphatic rings. The van der Waals surface area contributed by atoms with Gasteiger partial charge in [-0.2, -0.15) is 0 Å². The Bertz CT molecular complexity index is 341. The van der Waals surface area contributed by atoms with Crippen LogP contribution in [0.5, 0.6) is 0 Å². The molecule has 0 saturated heterocycles. The summed E-state index contributed by atoms with van der Waals surface area (Å²) in [4.78, 5) is 11.6. The third-order valence-electron chi connectivity index (χ3n) is 1.95. The highest BCUT2D eigenvalue weighted by Gasteiger charge is 2.09. The Morgan fingerprint density at radius 3 is 2.93 bits per heavy atom. The molecule has 0 amide bonds. The predicted molar refractivity (Wildman–Crippen MR) is 63.8 cm³/mol. The summed E-state index contributed by atoms with van der Waals surface area (Å²) in [5.74, 6) is 0.951. The van der Waals surface area contributed by atoms with E-state index < -0.39 is 0 Å². The van der Waals surface area contributed by atoms with Gasteiger partial charge in [0.2, 0.25) is 0 Å². The molecule has 0 spiro atoms. The van der Waals surface area contributed by atoms with Gasteiger partial charge in [0.05, 0.1) is 5.02 Å². The number of aldehydes is 1. The molecule has 1 atom stereocenters. The molecule has 1 N–H and O–H groups in total. The minimum Gasteiger partial charge on any atom is -0.396 e. The van der Waals surface area contributed by atoms with Crippen molar-refractivity contribution < 1.29 is 9.90 Å². The summed E-state index contributed by atoms with van der Waals surface area (Å²) in [6, 6.07) is 5.26. The van der Waals surface area contributed by atoms with E-state index in [1.807, 2.05) is 6.92 Å². The number of rotatable bonds is 5. The van der Waals surface area contributed by atoms with Crippen molar-refractivity contribution in [2.45, 2.75) is 11.8 Å². The van der Waals surface area contributed by atoms with Crippen molar-refractivity contribution in [1.29, 1.82) is 0 Å². The molecule has 1 unspecified atom stereocenters. The zero-order valence-electron chi connectivity index (χ0n) is 8.44. The molecule has 4 heteroatoms. The molecular formula is C11H13ClO2S. The summed E-state index contributed by atoms with van der Waals surface area (Å²) in [6.45, 7) is 2.10. The second kappa shape index (κ2) is 6.16. The molecule has 1 rings (SSSR count). The van der Waals surface area contributed by atoms with Crippen LogP contribution in [0.25, 0.3) is 0 Å². The summed E-state index contributed by atoms with van der Waals surface area (Å²) >= 11 is 7.50. The van der Waals surface area contributed by atoms with Gasteiger partial charge in [-0.1, -0.05) is 30.7 Å². The van der Waals surface area contributed by atoms with E-state index in [1.54, 1.807) is 18.2 Å². The first-order valence-corrected chi connectivity index (χ1v) is 6.02. The number of thioether (sulfide) groups is 1. The minimum atomic E-state index is 0.147. The van der Waals surface area contributed by atoms with E-state index in [4.69, 9.17) is 16.7 Å². The fraction of sp³-hybridized carbons (Fsp3) is 0.364. The first-order valence-electron chi connectivity index (χ1n) is 4.66. The Morgan fingerprint density at radius 1 is 1.60 bits per heavy atom. The second-order valence-electron chi connectivity index (χ2n) is 3.37. The monoisotopic (exact) mass is 244 g/mol. The fourth-order valence-corrected chi connectivity index (χ4v) is 2.44. The molecule has 1 aromatic carbocycles. The molecule has 1 aromatic rings. The first kappa shape index (κ1) is 12.6. The second-order valence-corrected chi connectivity index (χ2v) is 4.81. The quantitative estimate of drug-likeness (QED) is 0.639. The van der Waals surface area contributed by atoms with E-state index in [1.165, 1.54) is 11.8 Å². The molecule has 2 nitrogen and oxygen atoms in total. The number of hydrogen-bond donors (Lipinski definition) is 1. The van der Waals surface area contributed by atoms with Gasteiger partial charge < -0.3 is 5.11 Å². The Hall–Kier alpha value is -0.510. The van der Waals surface area contributed by atoms with Gasteiger partial charge in [0.1, 0.15) is 0 Å². The predicted octanol–water partition coefficient (Wildman–Crippen LogP) is 2.87. The molecule has 0 aromatic heterocycles. The van der Waals surface area contributed by atoms with Crippen molar-refractivity contribution in [2.75, 3.05) is 12.4 Å². The maximum Gasteiger partial charge on any atom is 0.151 e.